The number of halogens is 3. The summed E-state index contributed by atoms with van der Waals surface area (Å²) in [5.74, 6) is 0.197. The quantitative estimate of drug-likeness (QED) is 0.509. The molecule has 0 amide bonds. The van der Waals surface area contributed by atoms with Crippen molar-refractivity contribution in [2.75, 3.05) is 5.32 Å². The molecular formula is C10H13Cl3N4. The lowest BCUT2D eigenvalue weighted by Crippen LogP contribution is -2.21. The van der Waals surface area contributed by atoms with Gasteiger partial charge in [0.05, 0.1) is 10.0 Å². The Labute approximate surface area is 116 Å². The van der Waals surface area contributed by atoms with Crippen molar-refractivity contribution in [2.24, 2.45) is 15.9 Å². The smallest absolute Gasteiger partial charge is 0.218 e. The maximum absolute atomic E-state index is 5.84. The fourth-order valence-electron chi connectivity index (χ4n) is 0.931. The SMILES string of the molecule is CCC=NN=C(N)Nc1ccc(Cl)c(Cl)c1.Cl. The number of guanidine groups is 1. The van der Waals surface area contributed by atoms with Crippen molar-refractivity contribution in [2.45, 2.75) is 13.3 Å². The van der Waals surface area contributed by atoms with Crippen LogP contribution in [0.5, 0.6) is 0 Å². The largest absolute Gasteiger partial charge is 0.368 e. The number of nitrogens with one attached hydrogen (secondary N) is 1. The molecule has 0 bridgehead atoms. The molecule has 1 aromatic rings. The number of benzene rings is 1. The Balaban J connectivity index is 0.00000256. The maximum Gasteiger partial charge on any atom is 0.218 e. The van der Waals surface area contributed by atoms with Crippen LogP contribution in [0.1, 0.15) is 13.3 Å². The van der Waals surface area contributed by atoms with Crippen molar-refractivity contribution in [3.05, 3.63) is 28.2 Å². The zero-order chi connectivity index (χ0) is 12.0. The lowest BCUT2D eigenvalue weighted by molar-refractivity contribution is 1.19. The molecule has 0 aromatic heterocycles. The Hall–Kier alpha value is -0.970. The first-order valence-corrected chi connectivity index (χ1v) is 5.46. The van der Waals surface area contributed by atoms with E-state index in [0.717, 1.165) is 6.42 Å². The third kappa shape index (κ3) is 5.77. The third-order valence-electron chi connectivity index (χ3n) is 1.62. The van der Waals surface area contributed by atoms with Gasteiger partial charge < -0.3 is 11.1 Å². The summed E-state index contributed by atoms with van der Waals surface area (Å²) >= 11 is 11.6. The molecule has 0 aliphatic rings. The number of anilines is 1. The normalized spacial score (nSPS) is 11.4. The van der Waals surface area contributed by atoms with Crippen LogP contribution in [0.4, 0.5) is 5.69 Å². The van der Waals surface area contributed by atoms with Gasteiger partial charge in [0.1, 0.15) is 0 Å². The second-order valence-corrected chi connectivity index (χ2v) is 3.76. The summed E-state index contributed by atoms with van der Waals surface area (Å²) in [6.07, 6.45) is 2.47. The summed E-state index contributed by atoms with van der Waals surface area (Å²) in [6, 6.07) is 5.09. The van der Waals surface area contributed by atoms with E-state index < -0.39 is 0 Å². The van der Waals surface area contributed by atoms with Gasteiger partial charge in [0.25, 0.3) is 0 Å². The first-order valence-electron chi connectivity index (χ1n) is 4.70. The highest BCUT2D eigenvalue weighted by Gasteiger charge is 1.99. The number of rotatable bonds is 3. The topological polar surface area (TPSA) is 62.8 Å². The van der Waals surface area contributed by atoms with Crippen LogP contribution in [0.3, 0.4) is 0 Å². The predicted molar refractivity (Wildman–Crippen MR) is 77.7 cm³/mol. The van der Waals surface area contributed by atoms with Gasteiger partial charge in [0.15, 0.2) is 0 Å². The van der Waals surface area contributed by atoms with Crippen LogP contribution >= 0.6 is 35.6 Å². The Morgan fingerprint density at radius 2 is 2.12 bits per heavy atom. The molecule has 0 heterocycles. The summed E-state index contributed by atoms with van der Waals surface area (Å²) in [4.78, 5) is 0. The molecule has 4 nitrogen and oxygen atoms in total. The van der Waals surface area contributed by atoms with Gasteiger partial charge in [-0.2, -0.15) is 5.10 Å². The first-order chi connectivity index (χ1) is 7.63. The van der Waals surface area contributed by atoms with Crippen molar-refractivity contribution in [1.29, 1.82) is 0 Å². The Kier molecular flexibility index (Phi) is 7.70. The molecule has 1 rings (SSSR count). The number of hydrogen-bond acceptors (Lipinski definition) is 2. The van der Waals surface area contributed by atoms with Crippen LogP contribution in [-0.2, 0) is 0 Å². The molecule has 17 heavy (non-hydrogen) atoms. The van der Waals surface area contributed by atoms with E-state index in [4.69, 9.17) is 28.9 Å². The zero-order valence-corrected chi connectivity index (χ0v) is 11.5. The summed E-state index contributed by atoms with van der Waals surface area (Å²) in [7, 11) is 0. The highest BCUT2D eigenvalue weighted by Crippen LogP contribution is 2.24. The minimum absolute atomic E-state index is 0. The molecule has 0 aliphatic heterocycles. The highest BCUT2D eigenvalue weighted by atomic mass is 35.5. The van der Waals surface area contributed by atoms with E-state index in [1.54, 1.807) is 24.4 Å². The van der Waals surface area contributed by atoms with Crippen molar-refractivity contribution < 1.29 is 0 Å². The van der Waals surface area contributed by atoms with E-state index in [1.165, 1.54) is 0 Å². The van der Waals surface area contributed by atoms with Crippen molar-refractivity contribution in [1.82, 2.24) is 0 Å². The minimum atomic E-state index is 0. The van der Waals surface area contributed by atoms with Crippen LogP contribution in [0.2, 0.25) is 10.0 Å². The molecule has 3 N–H and O–H groups in total. The van der Waals surface area contributed by atoms with Crippen LogP contribution < -0.4 is 11.1 Å². The molecule has 0 atom stereocenters. The average molecular weight is 296 g/mol. The van der Waals surface area contributed by atoms with Crippen molar-refractivity contribution >= 4 is 53.5 Å². The van der Waals surface area contributed by atoms with Crippen LogP contribution in [0.15, 0.2) is 28.4 Å². The maximum atomic E-state index is 5.84. The van der Waals surface area contributed by atoms with Gasteiger partial charge in [-0.15, -0.1) is 17.5 Å². The lowest BCUT2D eigenvalue weighted by atomic mass is 10.3. The van der Waals surface area contributed by atoms with E-state index in [2.05, 4.69) is 15.5 Å². The molecule has 7 heteroatoms. The van der Waals surface area contributed by atoms with Crippen LogP contribution in [-0.4, -0.2) is 12.2 Å². The van der Waals surface area contributed by atoms with E-state index in [9.17, 15) is 0 Å². The molecule has 0 saturated carbocycles. The van der Waals surface area contributed by atoms with Crippen LogP contribution in [0.25, 0.3) is 0 Å². The molecule has 0 spiro atoms. The fourth-order valence-corrected chi connectivity index (χ4v) is 1.23. The monoisotopic (exact) mass is 294 g/mol. The minimum Gasteiger partial charge on any atom is -0.368 e. The van der Waals surface area contributed by atoms with Crippen molar-refractivity contribution in [3.63, 3.8) is 0 Å². The Morgan fingerprint density at radius 3 is 2.71 bits per heavy atom. The summed E-state index contributed by atoms with van der Waals surface area (Å²) in [5, 5.41) is 11.3. The van der Waals surface area contributed by atoms with E-state index >= 15 is 0 Å². The van der Waals surface area contributed by atoms with Gasteiger partial charge >= 0.3 is 0 Å². The standard InChI is InChI=1S/C10H12Cl2N4.ClH/c1-2-5-14-16-10(13)15-7-3-4-8(11)9(12)6-7;/h3-6H,2H2,1H3,(H3,13,15,16);1H. The predicted octanol–water partition coefficient (Wildman–Crippen LogP) is 3.54. The molecule has 0 saturated heterocycles. The third-order valence-corrected chi connectivity index (χ3v) is 2.36. The molecule has 0 unspecified atom stereocenters. The Morgan fingerprint density at radius 1 is 1.41 bits per heavy atom. The summed E-state index contributed by atoms with van der Waals surface area (Å²) < 4.78 is 0. The molecule has 94 valence electrons. The van der Waals surface area contributed by atoms with E-state index in [-0.39, 0.29) is 18.4 Å². The van der Waals surface area contributed by atoms with Crippen LogP contribution in [0, 0.1) is 0 Å². The molecule has 0 aliphatic carbocycles. The van der Waals surface area contributed by atoms with Gasteiger partial charge in [-0.05, 0) is 24.6 Å². The van der Waals surface area contributed by atoms with Gasteiger partial charge in [-0.1, -0.05) is 30.1 Å². The number of nitrogens with zero attached hydrogens (tertiary/aromatic N) is 2. The molecule has 0 fully saturated rings. The first kappa shape index (κ1) is 16.0. The summed E-state index contributed by atoms with van der Waals surface area (Å²) in [6.45, 7) is 1.96. The zero-order valence-electron chi connectivity index (χ0n) is 9.15. The van der Waals surface area contributed by atoms with Gasteiger partial charge in [-0.25, -0.2) is 0 Å². The fraction of sp³-hybridized carbons (Fsp3) is 0.200. The van der Waals surface area contributed by atoms with Gasteiger partial charge in [0, 0.05) is 11.9 Å². The van der Waals surface area contributed by atoms with E-state index in [1.807, 2.05) is 6.92 Å². The van der Waals surface area contributed by atoms with Gasteiger partial charge in [-0.3, -0.25) is 0 Å². The molecule has 0 radical (unpaired) electrons. The molecular weight excluding hydrogens is 282 g/mol. The summed E-state index contributed by atoms with van der Waals surface area (Å²) in [5.41, 5.74) is 6.29. The van der Waals surface area contributed by atoms with Gasteiger partial charge in [0.2, 0.25) is 5.96 Å². The Bertz CT molecular complexity index is 418. The second-order valence-electron chi connectivity index (χ2n) is 2.95. The van der Waals surface area contributed by atoms with E-state index in [0.29, 0.717) is 15.7 Å². The van der Waals surface area contributed by atoms with Crippen molar-refractivity contribution in [3.8, 4) is 0 Å². The lowest BCUT2D eigenvalue weighted by Gasteiger charge is -2.04. The number of nitrogens with two attached hydrogens (primary N) is 1. The average Bonchev–Trinajstić information content (AvgIpc) is 2.24. The highest BCUT2D eigenvalue weighted by molar-refractivity contribution is 6.42. The second kappa shape index (κ2) is 8.17. The number of hydrogen-bond donors (Lipinski definition) is 2. The molecule has 1 aromatic carbocycles.